The number of carbonyl (C=O) groups is 9. The standard InChI is InChI=1S/C23H34O6.C16H28O6.C14H21NO6.C13H22O5.C12H16O3/c1-16-17(2)21(15-27-19(4)24)29-23(18(16)3)26-13-9-8-12-22(25)28-14-20-10-6-5-7-11-20;1-10-11(2)14(9-21-13(4)17)22-16(12(10)3)20-8-6-5-7-15(18)19;1-7-8(2)13-14(20-11(5)17,19-9(3)15-13)21-12(7)6-18-10(4)16;1-7-8(2)12(6-16-10(4)14)18-13(9(7)3)17-11(5)15;13-9-5-4-8-12(14)15-10-11-6-2-1-3-7-11/h5-7,10-11,16-18,21,23H,8-9,12-15H2,1-4H3;10-12,14,16H,5-9H2,1-4H3,(H,18,19);7-8,12-13H,6H2,1-5H3;7-9,12-13H,6H2,1-5H3;1-3,6-7,13H,4-5,8-10H2/t16-,17+,18?,21?,23+;10-,11+,12?,14?,16+;7-,8+,12?,13?,14+;7-,8+,9?,12?,13+;/m0010./s1. The fraction of sp³-hybridized carbons (Fsp3) is 0.718. The van der Waals surface area contributed by atoms with Crippen LogP contribution in [0.3, 0.4) is 0 Å². The monoisotopic (exact) mass is 1490 g/mol. The van der Waals surface area contributed by atoms with Gasteiger partial charge >= 0.3 is 59.7 Å². The van der Waals surface area contributed by atoms with Crippen LogP contribution in [0.5, 0.6) is 0 Å². The van der Waals surface area contributed by atoms with Crippen molar-refractivity contribution < 1.29 is 124 Å². The summed E-state index contributed by atoms with van der Waals surface area (Å²) in [4.78, 5) is 104. The molecule has 2 aromatic rings. The second kappa shape index (κ2) is 48.2. The number of hydrogen-bond acceptors (Lipinski definition) is 26. The van der Waals surface area contributed by atoms with Crippen LogP contribution in [-0.2, 0) is 127 Å². The molecule has 20 atom stereocenters. The predicted octanol–water partition coefficient (Wildman–Crippen LogP) is 11.5. The van der Waals surface area contributed by atoms with Crippen molar-refractivity contribution in [2.24, 2.45) is 70.1 Å². The van der Waals surface area contributed by atoms with Gasteiger partial charge in [0.25, 0.3) is 0 Å². The number of carbonyl (C=O) groups excluding carboxylic acids is 8. The van der Waals surface area contributed by atoms with Gasteiger partial charge in [0.15, 0.2) is 24.5 Å². The first-order valence-corrected chi connectivity index (χ1v) is 36.8. The Morgan fingerprint density at radius 3 is 1.15 bits per heavy atom. The van der Waals surface area contributed by atoms with Gasteiger partial charge in [-0.25, -0.2) is 4.99 Å². The molecule has 0 radical (unpaired) electrons. The number of benzene rings is 2. The Hall–Kier alpha value is -7.14. The second-order valence-electron chi connectivity index (χ2n) is 28.0. The highest BCUT2D eigenvalue weighted by atomic mass is 16.9. The zero-order valence-corrected chi connectivity index (χ0v) is 65.1. The Morgan fingerprint density at radius 1 is 0.419 bits per heavy atom. The van der Waals surface area contributed by atoms with Crippen LogP contribution in [0.2, 0.25) is 0 Å². The summed E-state index contributed by atoms with van der Waals surface area (Å²) >= 11 is 0. The quantitative estimate of drug-likeness (QED) is 0.0417. The lowest BCUT2D eigenvalue weighted by molar-refractivity contribution is -0.379. The molecule has 0 spiro atoms. The molecule has 4 saturated heterocycles. The average molecular weight is 1490 g/mol. The molecule has 8 unspecified atom stereocenters. The maximum Gasteiger partial charge on any atom is 0.399 e. The minimum Gasteiger partial charge on any atom is -0.481 e. The van der Waals surface area contributed by atoms with Gasteiger partial charge < -0.3 is 76.5 Å². The molecular weight excluding hydrogens is 1370 g/mol. The number of aliphatic carboxylic acids is 1. The molecule has 5 aliphatic heterocycles. The van der Waals surface area contributed by atoms with E-state index in [0.717, 1.165) is 17.5 Å². The first-order valence-electron chi connectivity index (χ1n) is 36.8. The Kier molecular flexibility index (Phi) is 42.3. The summed E-state index contributed by atoms with van der Waals surface area (Å²) in [6.07, 6.45) is 2.79. The van der Waals surface area contributed by atoms with Gasteiger partial charge in [-0.1, -0.05) is 137 Å². The molecule has 5 heterocycles. The minimum absolute atomic E-state index is 0.0381. The average Bonchev–Trinajstić information content (AvgIpc) is 1.62. The number of hydrogen-bond donors (Lipinski definition) is 2. The lowest BCUT2D eigenvalue weighted by atomic mass is 9.79. The molecule has 7 rings (SSSR count). The summed E-state index contributed by atoms with van der Waals surface area (Å²) in [6, 6.07) is 18.8. The molecule has 4 fully saturated rings. The number of aliphatic hydroxyl groups is 1. The Balaban J connectivity index is 0.000000346. The smallest absolute Gasteiger partial charge is 0.399 e. The van der Waals surface area contributed by atoms with E-state index in [1.165, 1.54) is 41.5 Å². The molecule has 27 heteroatoms. The van der Waals surface area contributed by atoms with Gasteiger partial charge in [-0.05, 0) is 97.0 Å². The Labute approximate surface area is 620 Å². The molecule has 5 aliphatic rings. The van der Waals surface area contributed by atoms with E-state index in [2.05, 4.69) is 60.4 Å². The molecule has 0 aromatic heterocycles. The van der Waals surface area contributed by atoms with Crippen LogP contribution < -0.4 is 0 Å². The van der Waals surface area contributed by atoms with Crippen molar-refractivity contribution >= 4 is 59.6 Å². The van der Waals surface area contributed by atoms with Gasteiger partial charge in [0.2, 0.25) is 6.29 Å². The number of aliphatic imine (C=N–C) groups is 1. The van der Waals surface area contributed by atoms with E-state index >= 15 is 0 Å². The third-order valence-corrected chi connectivity index (χ3v) is 19.9. The van der Waals surface area contributed by atoms with Crippen molar-refractivity contribution in [3.8, 4) is 0 Å². The summed E-state index contributed by atoms with van der Waals surface area (Å²) < 4.78 is 81.9. The molecule has 0 saturated carbocycles. The van der Waals surface area contributed by atoms with E-state index in [9.17, 15) is 43.2 Å². The number of rotatable bonds is 30. The zero-order chi connectivity index (χ0) is 78.5. The van der Waals surface area contributed by atoms with E-state index in [4.69, 9.17) is 81.3 Å². The van der Waals surface area contributed by atoms with Gasteiger partial charge in [-0.2, -0.15) is 0 Å². The van der Waals surface area contributed by atoms with Crippen LogP contribution in [0.25, 0.3) is 0 Å². The number of carboxylic acid groups (broad SMARTS) is 1. The highest BCUT2D eigenvalue weighted by Gasteiger charge is 2.60. The van der Waals surface area contributed by atoms with Crippen molar-refractivity contribution in [3.05, 3.63) is 71.8 Å². The number of nitrogens with zero attached hydrogens (tertiary/aromatic N) is 1. The first-order chi connectivity index (χ1) is 49.6. The molecule has 2 N–H and O–H groups in total. The van der Waals surface area contributed by atoms with Crippen LogP contribution in [-0.4, -0.2) is 171 Å². The third kappa shape index (κ3) is 33.7. The topological polar surface area (TPSA) is 345 Å². The van der Waals surface area contributed by atoms with Crippen LogP contribution in [0, 0.1) is 65.1 Å². The highest BCUT2D eigenvalue weighted by Crippen LogP contribution is 2.44. The second-order valence-corrected chi connectivity index (χ2v) is 28.0. The number of fused-ring (bicyclic) bond motifs is 1. The number of esters is 8. The van der Waals surface area contributed by atoms with E-state index in [-0.39, 0.29) is 159 Å². The molecule has 594 valence electrons. The minimum atomic E-state index is -1.55. The predicted molar refractivity (Wildman–Crippen MR) is 383 cm³/mol. The van der Waals surface area contributed by atoms with E-state index in [0.29, 0.717) is 95.0 Å². The lowest BCUT2D eigenvalue weighted by Crippen LogP contribution is -2.59. The maximum absolute atomic E-state index is 11.9. The van der Waals surface area contributed by atoms with Gasteiger partial charge in [-0.3, -0.25) is 47.9 Å². The van der Waals surface area contributed by atoms with Crippen LogP contribution in [0.15, 0.2) is 65.7 Å². The molecule has 105 heavy (non-hydrogen) atoms. The Bertz CT molecular complexity index is 2970. The summed E-state index contributed by atoms with van der Waals surface area (Å²) in [5.74, 6) is -1.92. The molecular formula is C78H121NO26. The summed E-state index contributed by atoms with van der Waals surface area (Å²) in [6.45, 7) is 35.2. The van der Waals surface area contributed by atoms with Crippen LogP contribution >= 0.6 is 0 Å². The van der Waals surface area contributed by atoms with E-state index in [1.807, 2.05) is 81.4 Å². The molecule has 0 aliphatic carbocycles. The van der Waals surface area contributed by atoms with Gasteiger partial charge in [0.1, 0.15) is 45.7 Å². The van der Waals surface area contributed by atoms with Crippen LogP contribution in [0.4, 0.5) is 0 Å². The number of unbranched alkanes of at least 4 members (excludes halogenated alkanes) is 3. The van der Waals surface area contributed by atoms with Crippen molar-refractivity contribution in [2.75, 3.05) is 46.2 Å². The van der Waals surface area contributed by atoms with Crippen LogP contribution in [0.1, 0.15) is 194 Å². The largest absolute Gasteiger partial charge is 0.481 e. The molecule has 0 amide bonds. The SMILES string of the molecule is CC(=O)OCC1O[C@@H](OC(C)=O)C(C)[C@@H](C)[C@H]1C.CC(=O)OCC1O[C@@H](OCCCCC(=O)O)C(C)[C@@H](C)[C@H]1C.CC(=O)OCC1O[C@@H](OCCCCC(=O)OCc2ccccc2)C(C)[C@@H](C)[C@H]1C.CC(=O)OCC1O[C@]2(OC(C)=O)OC(C)=NC2[C@@H](C)[C@H]1C.O=C(CCCCO)OCc1ccccc1. The van der Waals surface area contributed by atoms with Gasteiger partial charge in [-0.15, -0.1) is 0 Å². The highest BCUT2D eigenvalue weighted by molar-refractivity contribution is 5.76. The van der Waals surface area contributed by atoms with E-state index in [1.54, 1.807) is 6.92 Å². The summed E-state index contributed by atoms with van der Waals surface area (Å²) in [5, 5.41) is 17.1. The van der Waals surface area contributed by atoms with Gasteiger partial charge in [0, 0.05) is 105 Å². The van der Waals surface area contributed by atoms with Crippen molar-refractivity contribution in [3.63, 3.8) is 0 Å². The molecule has 0 bridgehead atoms. The molecule has 27 nitrogen and oxygen atoms in total. The Morgan fingerprint density at radius 2 is 0.781 bits per heavy atom. The van der Waals surface area contributed by atoms with Crippen molar-refractivity contribution in [1.82, 2.24) is 0 Å². The van der Waals surface area contributed by atoms with E-state index < -0.39 is 36.3 Å². The summed E-state index contributed by atoms with van der Waals surface area (Å²) in [5.41, 5.74) is 1.98. The fourth-order valence-corrected chi connectivity index (χ4v) is 12.2. The fourth-order valence-electron chi connectivity index (χ4n) is 12.2. The number of ether oxygens (including phenoxy) is 15. The lowest BCUT2D eigenvalue weighted by Gasteiger charge is -2.45. The van der Waals surface area contributed by atoms with Crippen molar-refractivity contribution in [1.29, 1.82) is 0 Å². The summed E-state index contributed by atoms with van der Waals surface area (Å²) in [7, 11) is 0. The van der Waals surface area contributed by atoms with Gasteiger partial charge in [0.05, 0.1) is 18.3 Å². The van der Waals surface area contributed by atoms with Crippen molar-refractivity contribution in [2.45, 2.75) is 251 Å². The number of carboxylic acids is 1. The molecule has 2 aromatic carbocycles. The first kappa shape index (κ1) is 92.1. The third-order valence-electron chi connectivity index (χ3n) is 19.9. The number of aliphatic hydroxyl groups excluding tert-OH is 1. The normalized spacial score (nSPS) is 29.2. The zero-order valence-electron chi connectivity index (χ0n) is 65.1. The maximum atomic E-state index is 11.9.